The van der Waals surface area contributed by atoms with Crippen molar-refractivity contribution in [3.63, 3.8) is 0 Å². The van der Waals surface area contributed by atoms with Crippen LogP contribution < -0.4 is 0 Å². The molecule has 0 aromatic carbocycles. The molecule has 1 heterocycles. The lowest BCUT2D eigenvalue weighted by Crippen LogP contribution is -2.38. The summed E-state index contributed by atoms with van der Waals surface area (Å²) in [7, 11) is 0. The van der Waals surface area contributed by atoms with Crippen LogP contribution in [0.5, 0.6) is 0 Å². The van der Waals surface area contributed by atoms with E-state index in [2.05, 4.69) is 20.8 Å². The van der Waals surface area contributed by atoms with Crippen LogP contribution in [0.25, 0.3) is 0 Å². The third-order valence-corrected chi connectivity index (χ3v) is 3.34. The minimum Gasteiger partial charge on any atom is -0.342 e. The first kappa shape index (κ1) is 12.5. The van der Waals surface area contributed by atoms with Gasteiger partial charge in [0.1, 0.15) is 0 Å². The van der Waals surface area contributed by atoms with E-state index < -0.39 is 0 Å². The molecule has 1 atom stereocenters. The molecule has 0 aromatic heterocycles. The molecule has 0 bridgehead atoms. The zero-order valence-electron chi connectivity index (χ0n) is 11.1. The Hall–Kier alpha value is -0.530. The standard InChI is InChI=1S/C13H25NO/c1-12(2,3)10-7-8-14(9-10)11(15)13(4,5)6/h10H,7-9H2,1-6H3. The van der Waals surface area contributed by atoms with Crippen molar-refractivity contribution < 1.29 is 4.79 Å². The predicted molar refractivity (Wildman–Crippen MR) is 63.6 cm³/mol. The first-order chi connectivity index (χ1) is 6.62. The minimum atomic E-state index is -0.229. The number of carbonyl (C=O) groups is 1. The molecular formula is C13H25NO. The Morgan fingerprint density at radius 1 is 1.13 bits per heavy atom. The van der Waals surface area contributed by atoms with Crippen molar-refractivity contribution >= 4 is 5.91 Å². The van der Waals surface area contributed by atoms with E-state index in [1.54, 1.807) is 0 Å². The molecule has 0 spiro atoms. The van der Waals surface area contributed by atoms with Gasteiger partial charge in [0.15, 0.2) is 0 Å². The third kappa shape index (κ3) is 2.96. The number of nitrogens with zero attached hydrogens (tertiary/aromatic N) is 1. The van der Waals surface area contributed by atoms with Gasteiger partial charge in [-0.1, -0.05) is 41.5 Å². The summed E-state index contributed by atoms with van der Waals surface area (Å²) in [5, 5.41) is 0. The van der Waals surface area contributed by atoms with E-state index in [0.29, 0.717) is 17.2 Å². The topological polar surface area (TPSA) is 20.3 Å². The Morgan fingerprint density at radius 2 is 1.67 bits per heavy atom. The fourth-order valence-corrected chi connectivity index (χ4v) is 2.13. The molecule has 1 unspecified atom stereocenters. The van der Waals surface area contributed by atoms with Crippen LogP contribution in [0.1, 0.15) is 48.0 Å². The number of hydrogen-bond donors (Lipinski definition) is 0. The molecule has 1 rings (SSSR count). The SMILES string of the molecule is CC(C)(C)C(=O)N1CCC(C(C)(C)C)C1. The second kappa shape index (κ2) is 3.80. The molecule has 88 valence electrons. The van der Waals surface area contributed by atoms with Gasteiger partial charge in [0.05, 0.1) is 0 Å². The molecule has 1 amide bonds. The van der Waals surface area contributed by atoms with Gasteiger partial charge < -0.3 is 4.90 Å². The van der Waals surface area contributed by atoms with Gasteiger partial charge in [-0.25, -0.2) is 0 Å². The first-order valence-electron chi connectivity index (χ1n) is 5.92. The predicted octanol–water partition coefficient (Wildman–Crippen LogP) is 2.93. The maximum absolute atomic E-state index is 12.1. The van der Waals surface area contributed by atoms with E-state index in [1.807, 2.05) is 25.7 Å². The van der Waals surface area contributed by atoms with Crippen LogP contribution in [0, 0.1) is 16.7 Å². The van der Waals surface area contributed by atoms with Gasteiger partial charge in [-0.3, -0.25) is 4.79 Å². The van der Waals surface area contributed by atoms with Crippen LogP contribution in [0.3, 0.4) is 0 Å². The molecule has 0 N–H and O–H groups in total. The second-order valence-electron chi connectivity index (χ2n) is 6.85. The summed E-state index contributed by atoms with van der Waals surface area (Å²) in [4.78, 5) is 14.1. The molecule has 0 aromatic rings. The highest BCUT2D eigenvalue weighted by Gasteiger charge is 2.36. The van der Waals surface area contributed by atoms with Crippen LogP contribution in [0.2, 0.25) is 0 Å². The molecule has 0 radical (unpaired) electrons. The monoisotopic (exact) mass is 211 g/mol. The Labute approximate surface area is 94.0 Å². The van der Waals surface area contributed by atoms with E-state index in [-0.39, 0.29) is 5.41 Å². The Morgan fingerprint density at radius 3 is 2.00 bits per heavy atom. The zero-order chi connectivity index (χ0) is 11.9. The first-order valence-corrected chi connectivity index (χ1v) is 5.92. The van der Waals surface area contributed by atoms with Gasteiger partial charge in [0.2, 0.25) is 5.91 Å². The van der Waals surface area contributed by atoms with Crippen LogP contribution in [-0.2, 0) is 4.79 Å². The molecule has 0 saturated carbocycles. The molecule has 2 heteroatoms. The third-order valence-electron chi connectivity index (χ3n) is 3.34. The average Bonchev–Trinajstić information content (AvgIpc) is 2.47. The van der Waals surface area contributed by atoms with Gasteiger partial charge in [-0.2, -0.15) is 0 Å². The van der Waals surface area contributed by atoms with Crippen molar-refractivity contribution in [1.82, 2.24) is 4.90 Å². The Bertz CT molecular complexity index is 244. The van der Waals surface area contributed by atoms with Crippen molar-refractivity contribution in [3.8, 4) is 0 Å². The van der Waals surface area contributed by atoms with E-state index >= 15 is 0 Å². The summed E-state index contributed by atoms with van der Waals surface area (Å²) < 4.78 is 0. The molecule has 1 fully saturated rings. The van der Waals surface area contributed by atoms with Crippen molar-refractivity contribution in [3.05, 3.63) is 0 Å². The lowest BCUT2D eigenvalue weighted by Gasteiger charge is -2.29. The highest BCUT2D eigenvalue weighted by molar-refractivity contribution is 5.81. The Balaban J connectivity index is 2.62. The number of amides is 1. The Kier molecular flexibility index (Phi) is 3.18. The normalized spacial score (nSPS) is 23.3. The summed E-state index contributed by atoms with van der Waals surface area (Å²) >= 11 is 0. The summed E-state index contributed by atoms with van der Waals surface area (Å²) in [6, 6.07) is 0. The van der Waals surface area contributed by atoms with Crippen LogP contribution in [-0.4, -0.2) is 23.9 Å². The van der Waals surface area contributed by atoms with Gasteiger partial charge in [0, 0.05) is 18.5 Å². The molecule has 15 heavy (non-hydrogen) atoms. The maximum atomic E-state index is 12.1. The summed E-state index contributed by atoms with van der Waals surface area (Å²) in [5.74, 6) is 0.957. The van der Waals surface area contributed by atoms with Gasteiger partial charge >= 0.3 is 0 Å². The average molecular weight is 211 g/mol. The smallest absolute Gasteiger partial charge is 0.227 e. The van der Waals surface area contributed by atoms with Crippen molar-refractivity contribution in [2.24, 2.45) is 16.7 Å². The fraction of sp³-hybridized carbons (Fsp3) is 0.923. The summed E-state index contributed by atoms with van der Waals surface area (Å²) in [6.45, 7) is 14.7. The van der Waals surface area contributed by atoms with Crippen molar-refractivity contribution in [1.29, 1.82) is 0 Å². The fourth-order valence-electron chi connectivity index (χ4n) is 2.13. The number of carbonyl (C=O) groups excluding carboxylic acids is 1. The number of rotatable bonds is 0. The zero-order valence-corrected chi connectivity index (χ0v) is 11.1. The van der Waals surface area contributed by atoms with Crippen molar-refractivity contribution in [2.75, 3.05) is 13.1 Å². The van der Waals surface area contributed by atoms with Crippen LogP contribution >= 0.6 is 0 Å². The maximum Gasteiger partial charge on any atom is 0.227 e. The molecule has 1 saturated heterocycles. The number of hydrogen-bond acceptors (Lipinski definition) is 1. The largest absolute Gasteiger partial charge is 0.342 e. The second-order valence-corrected chi connectivity index (χ2v) is 6.85. The highest BCUT2D eigenvalue weighted by atomic mass is 16.2. The lowest BCUT2D eigenvalue weighted by molar-refractivity contribution is -0.138. The van der Waals surface area contributed by atoms with Crippen LogP contribution in [0.4, 0.5) is 0 Å². The number of likely N-dealkylation sites (tertiary alicyclic amines) is 1. The lowest BCUT2D eigenvalue weighted by atomic mass is 9.80. The van der Waals surface area contributed by atoms with Gasteiger partial charge in [0.25, 0.3) is 0 Å². The van der Waals surface area contributed by atoms with E-state index in [9.17, 15) is 4.79 Å². The molecular weight excluding hydrogens is 186 g/mol. The molecule has 1 aliphatic rings. The summed E-state index contributed by atoms with van der Waals surface area (Å²) in [5.41, 5.74) is 0.0969. The molecule has 2 nitrogen and oxygen atoms in total. The molecule has 1 aliphatic heterocycles. The van der Waals surface area contributed by atoms with E-state index in [1.165, 1.54) is 0 Å². The van der Waals surface area contributed by atoms with Crippen molar-refractivity contribution in [2.45, 2.75) is 48.0 Å². The van der Waals surface area contributed by atoms with E-state index in [0.717, 1.165) is 19.5 Å². The van der Waals surface area contributed by atoms with Crippen LogP contribution in [0.15, 0.2) is 0 Å². The minimum absolute atomic E-state index is 0.229. The summed E-state index contributed by atoms with van der Waals surface area (Å²) in [6.07, 6.45) is 1.16. The highest BCUT2D eigenvalue weighted by Crippen LogP contribution is 2.35. The quantitative estimate of drug-likeness (QED) is 0.603. The van der Waals surface area contributed by atoms with E-state index in [4.69, 9.17) is 0 Å². The van der Waals surface area contributed by atoms with Gasteiger partial charge in [-0.15, -0.1) is 0 Å². The van der Waals surface area contributed by atoms with Gasteiger partial charge in [-0.05, 0) is 17.8 Å². The molecule has 0 aliphatic carbocycles.